The number of aromatic nitrogens is 2. The van der Waals surface area contributed by atoms with Crippen molar-refractivity contribution >= 4 is 33.9 Å². The van der Waals surface area contributed by atoms with Crippen LogP contribution in [0.15, 0.2) is 12.4 Å². The van der Waals surface area contributed by atoms with E-state index >= 15 is 0 Å². The summed E-state index contributed by atoms with van der Waals surface area (Å²) in [5.41, 5.74) is 0.315. The van der Waals surface area contributed by atoms with E-state index in [0.29, 0.717) is 12.3 Å². The van der Waals surface area contributed by atoms with Crippen molar-refractivity contribution in [2.24, 2.45) is 0 Å². The Balaban J connectivity index is 0.00000180. The molecule has 2 heterocycles. The zero-order valence-electron chi connectivity index (χ0n) is 10.9. The van der Waals surface area contributed by atoms with Crippen LogP contribution in [0.3, 0.4) is 0 Å². The van der Waals surface area contributed by atoms with Gasteiger partial charge >= 0.3 is 23.4 Å². The number of anilines is 1. The van der Waals surface area contributed by atoms with Gasteiger partial charge in [0.1, 0.15) is 6.61 Å². The average Bonchev–Trinajstić information content (AvgIpc) is 2.84. The molecule has 0 radical (unpaired) electrons. The zero-order chi connectivity index (χ0) is 12.8. The summed E-state index contributed by atoms with van der Waals surface area (Å²) in [5.74, 6) is 0. The van der Waals surface area contributed by atoms with Crippen LogP contribution in [0.1, 0.15) is 12.8 Å². The van der Waals surface area contributed by atoms with Gasteiger partial charge in [0.2, 0.25) is 0 Å². The van der Waals surface area contributed by atoms with Crippen molar-refractivity contribution in [2.75, 3.05) is 31.0 Å². The van der Waals surface area contributed by atoms with E-state index in [4.69, 9.17) is 4.74 Å². The van der Waals surface area contributed by atoms with E-state index in [-0.39, 0.29) is 23.4 Å². The molecule has 1 aromatic rings. The third-order valence-electron chi connectivity index (χ3n) is 2.67. The first-order valence-corrected chi connectivity index (χ1v) is 6.84. The van der Waals surface area contributed by atoms with E-state index in [0.717, 1.165) is 19.6 Å². The molecule has 0 aliphatic carbocycles. The summed E-state index contributed by atoms with van der Waals surface area (Å²) in [6, 6.07) is 0.261. The van der Waals surface area contributed by atoms with Crippen molar-refractivity contribution < 1.29 is 13.2 Å². The first-order chi connectivity index (χ1) is 8.74. The van der Waals surface area contributed by atoms with E-state index in [1.54, 1.807) is 0 Å². The number of rotatable bonds is 6. The maximum absolute atomic E-state index is 10.4. The van der Waals surface area contributed by atoms with Crippen LogP contribution >= 0.6 is 0 Å². The van der Waals surface area contributed by atoms with Crippen LogP contribution in [-0.4, -0.2) is 58.5 Å². The van der Waals surface area contributed by atoms with Gasteiger partial charge in [0.25, 0.3) is 0 Å². The molecule has 0 saturated carbocycles. The second kappa shape index (κ2) is 8.32. The van der Waals surface area contributed by atoms with Gasteiger partial charge in [-0.3, -0.25) is 4.90 Å². The van der Waals surface area contributed by atoms with Crippen LogP contribution in [0.5, 0.6) is 6.01 Å². The number of ether oxygens (including phenoxy) is 1. The van der Waals surface area contributed by atoms with E-state index in [1.807, 2.05) is 0 Å². The molecule has 1 saturated heterocycles. The van der Waals surface area contributed by atoms with E-state index in [2.05, 4.69) is 19.6 Å². The topological polar surface area (TPSA) is 84.4 Å². The Bertz CT molecular complexity index is 441. The third kappa shape index (κ3) is 5.74. The SMILES string of the molecule is O=[S-](=O)Nc1cnc(OCCN2CCCC2)nc1.[AlH2+]. The Kier molecular flexibility index (Phi) is 7.09. The summed E-state index contributed by atoms with van der Waals surface area (Å²) in [5, 5.41) is 0. The Morgan fingerprint density at radius 3 is 2.47 bits per heavy atom. The van der Waals surface area contributed by atoms with E-state index < -0.39 is 10.9 Å². The van der Waals surface area contributed by atoms with E-state index in [9.17, 15) is 8.42 Å². The molecule has 2 rings (SSSR count). The van der Waals surface area contributed by atoms with Gasteiger partial charge in [-0.2, -0.15) is 0 Å². The van der Waals surface area contributed by atoms with Crippen LogP contribution in [0.2, 0.25) is 0 Å². The summed E-state index contributed by atoms with van der Waals surface area (Å²) in [6.07, 6.45) is 5.24. The summed E-state index contributed by atoms with van der Waals surface area (Å²) < 4.78 is 28.3. The third-order valence-corrected chi connectivity index (χ3v) is 3.07. The number of hydrogen-bond acceptors (Lipinski definition) is 7. The fraction of sp³-hybridized carbons (Fsp3) is 0.600. The molecule has 1 N–H and O–H groups in total. The average molecular weight is 300 g/mol. The molecule has 0 amide bonds. The van der Waals surface area contributed by atoms with Crippen LogP contribution in [0.25, 0.3) is 0 Å². The molecule has 0 bridgehead atoms. The first-order valence-electron chi connectivity index (χ1n) is 5.77. The minimum atomic E-state index is -2.36. The van der Waals surface area contributed by atoms with Crippen molar-refractivity contribution in [3.8, 4) is 6.01 Å². The predicted molar refractivity (Wildman–Crippen MR) is 74.1 cm³/mol. The predicted octanol–water partition coefficient (Wildman–Crippen LogP) is -0.329. The molecule has 0 spiro atoms. The minimum absolute atomic E-state index is 0. The van der Waals surface area contributed by atoms with Crippen molar-refractivity contribution in [2.45, 2.75) is 12.8 Å². The molecule has 0 unspecified atom stereocenters. The second-order valence-electron chi connectivity index (χ2n) is 3.99. The number of likely N-dealkylation sites (tertiary alicyclic amines) is 1. The molecule has 1 aliphatic rings. The van der Waals surface area contributed by atoms with Gasteiger partial charge in [0, 0.05) is 17.4 Å². The molecule has 1 fully saturated rings. The zero-order valence-corrected chi connectivity index (χ0v) is 13.7. The van der Waals surface area contributed by atoms with Crippen molar-refractivity contribution in [3.63, 3.8) is 0 Å². The normalized spacial score (nSPS) is 15.2. The van der Waals surface area contributed by atoms with Crippen LogP contribution < -0.4 is 9.46 Å². The Labute approximate surface area is 124 Å². The molecular weight excluding hydrogens is 283 g/mol. The van der Waals surface area contributed by atoms with Gasteiger partial charge in [-0.1, -0.05) is 0 Å². The maximum atomic E-state index is 10.4. The molecule has 19 heavy (non-hydrogen) atoms. The number of nitrogens with zero attached hydrogens (tertiary/aromatic N) is 3. The molecule has 1 aromatic heterocycles. The van der Waals surface area contributed by atoms with E-state index in [1.165, 1.54) is 25.2 Å². The summed E-state index contributed by atoms with van der Waals surface area (Å²) in [7, 11) is -2.36. The van der Waals surface area contributed by atoms with Crippen LogP contribution in [-0.2, 0) is 19.3 Å². The van der Waals surface area contributed by atoms with Crippen LogP contribution in [0.4, 0.5) is 5.69 Å². The van der Waals surface area contributed by atoms with Crippen LogP contribution in [0, 0.1) is 0 Å². The summed E-state index contributed by atoms with van der Waals surface area (Å²) >= 11 is 0. The molecular formula is C10H17AlN4O3S. The standard InChI is InChI=1S/C10H15N4O3S.Al.2H/c15-18(16)13-9-7-11-10(12-8-9)17-6-5-14-3-1-2-4-14;;;/h7-8H,1-6H2,(H,13,15,16);;;/q-1;+1;;. The second-order valence-corrected chi connectivity index (χ2v) is 4.66. The number of nitrogens with one attached hydrogen (secondary N) is 1. The fourth-order valence-corrected chi connectivity index (χ4v) is 2.11. The van der Waals surface area contributed by atoms with Gasteiger partial charge in [-0.15, -0.1) is 0 Å². The summed E-state index contributed by atoms with van der Waals surface area (Å²) in [6.45, 7) is 3.67. The molecule has 1 aliphatic heterocycles. The molecule has 104 valence electrons. The van der Waals surface area contributed by atoms with Crippen molar-refractivity contribution in [1.82, 2.24) is 14.9 Å². The Morgan fingerprint density at radius 2 is 1.89 bits per heavy atom. The fourth-order valence-electron chi connectivity index (χ4n) is 1.81. The monoisotopic (exact) mass is 300 g/mol. The van der Waals surface area contributed by atoms with Gasteiger partial charge in [-0.05, 0) is 25.9 Å². The van der Waals surface area contributed by atoms with Crippen molar-refractivity contribution in [1.29, 1.82) is 0 Å². The molecule has 7 nitrogen and oxygen atoms in total. The molecule has 0 aromatic carbocycles. The summed E-state index contributed by atoms with van der Waals surface area (Å²) in [4.78, 5) is 10.1. The Morgan fingerprint density at radius 1 is 1.26 bits per heavy atom. The molecule has 0 atom stereocenters. The molecule has 9 heteroatoms. The quantitative estimate of drug-likeness (QED) is 0.572. The van der Waals surface area contributed by atoms with Gasteiger partial charge < -0.3 is 17.9 Å². The van der Waals surface area contributed by atoms with Gasteiger partial charge in [-0.25, -0.2) is 9.97 Å². The first kappa shape index (κ1) is 16.2. The van der Waals surface area contributed by atoms with Gasteiger partial charge in [0.05, 0.1) is 18.1 Å². The van der Waals surface area contributed by atoms with Gasteiger partial charge in [0.15, 0.2) is 0 Å². The number of hydrogen-bond donors (Lipinski definition) is 1. The Hall–Kier alpha value is -0.878. The van der Waals surface area contributed by atoms with Crippen molar-refractivity contribution in [3.05, 3.63) is 12.4 Å².